The molecule has 3 aromatic rings. The number of pyridine rings is 1. The van der Waals surface area contributed by atoms with Crippen LogP contribution in [0.4, 0.5) is 10.2 Å². The smallest absolute Gasteiger partial charge is 0.247 e. The monoisotopic (exact) mass is 490 g/mol. The van der Waals surface area contributed by atoms with Gasteiger partial charge in [-0.25, -0.2) is 9.37 Å². The summed E-state index contributed by atoms with van der Waals surface area (Å²) in [6.45, 7) is 5.69. The fourth-order valence-electron chi connectivity index (χ4n) is 3.76. The number of carbonyl (C=O) groups excluding carboxylic acids is 3. The van der Waals surface area contributed by atoms with Crippen molar-refractivity contribution in [1.82, 2.24) is 15.2 Å². The van der Waals surface area contributed by atoms with Gasteiger partial charge in [0.2, 0.25) is 17.7 Å². The molecule has 7 nitrogen and oxygen atoms in total. The van der Waals surface area contributed by atoms with Crippen LogP contribution >= 0.6 is 0 Å². The predicted octanol–water partition coefficient (Wildman–Crippen LogP) is 4.54. The molecule has 2 aromatic carbocycles. The van der Waals surface area contributed by atoms with E-state index in [1.54, 1.807) is 12.3 Å². The maximum absolute atomic E-state index is 13.7. The summed E-state index contributed by atoms with van der Waals surface area (Å²) < 4.78 is 13.7. The standard InChI is InChI=1S/C28H31FN4O3/c1-19(2)31-28(36)27(22-9-11-23(29)12-10-22)33(18-21-7-5-4-6-8-21)26(35)14-13-25(34)32-24-17-20(3)15-16-30-24/h4-12,15-17,19,27H,13-14,18H2,1-3H3,(H,31,36)(H,30,32,34)/t27-/m0/s1. The Labute approximate surface area is 210 Å². The third kappa shape index (κ3) is 7.73. The Bertz CT molecular complexity index is 1180. The lowest BCUT2D eigenvalue weighted by Crippen LogP contribution is -2.45. The highest BCUT2D eigenvalue weighted by Crippen LogP contribution is 2.26. The summed E-state index contributed by atoms with van der Waals surface area (Å²) in [5, 5.41) is 5.57. The second-order valence-electron chi connectivity index (χ2n) is 8.89. The molecule has 0 aliphatic rings. The van der Waals surface area contributed by atoms with Gasteiger partial charge >= 0.3 is 0 Å². The van der Waals surface area contributed by atoms with E-state index in [1.165, 1.54) is 29.2 Å². The average molecular weight is 491 g/mol. The van der Waals surface area contributed by atoms with Crippen molar-refractivity contribution in [3.63, 3.8) is 0 Å². The first kappa shape index (κ1) is 26.5. The number of anilines is 1. The van der Waals surface area contributed by atoms with Crippen LogP contribution in [0.5, 0.6) is 0 Å². The Morgan fingerprint density at radius 3 is 2.31 bits per heavy atom. The summed E-state index contributed by atoms with van der Waals surface area (Å²) in [6.07, 6.45) is 1.40. The molecule has 1 atom stereocenters. The van der Waals surface area contributed by atoms with Gasteiger partial charge in [-0.1, -0.05) is 42.5 Å². The first-order valence-corrected chi connectivity index (χ1v) is 11.8. The Morgan fingerprint density at radius 1 is 0.972 bits per heavy atom. The van der Waals surface area contributed by atoms with Gasteiger partial charge in [-0.15, -0.1) is 0 Å². The van der Waals surface area contributed by atoms with Gasteiger partial charge in [0.25, 0.3) is 0 Å². The molecule has 0 unspecified atom stereocenters. The Morgan fingerprint density at radius 2 is 1.67 bits per heavy atom. The van der Waals surface area contributed by atoms with E-state index in [9.17, 15) is 18.8 Å². The number of nitrogens with zero attached hydrogens (tertiary/aromatic N) is 2. The summed E-state index contributed by atoms with van der Waals surface area (Å²) in [4.78, 5) is 44.9. The Balaban J connectivity index is 1.85. The molecule has 1 aromatic heterocycles. The van der Waals surface area contributed by atoms with Crippen LogP contribution in [-0.2, 0) is 20.9 Å². The molecule has 0 saturated carbocycles. The summed E-state index contributed by atoms with van der Waals surface area (Å²) in [5.41, 5.74) is 2.25. The summed E-state index contributed by atoms with van der Waals surface area (Å²) in [7, 11) is 0. The van der Waals surface area contributed by atoms with Crippen molar-refractivity contribution in [2.45, 2.75) is 52.2 Å². The number of nitrogens with one attached hydrogen (secondary N) is 2. The van der Waals surface area contributed by atoms with Gasteiger partial charge < -0.3 is 15.5 Å². The van der Waals surface area contributed by atoms with Crippen molar-refractivity contribution in [2.75, 3.05) is 5.32 Å². The number of hydrogen-bond donors (Lipinski definition) is 2. The molecule has 3 rings (SSSR count). The van der Waals surface area contributed by atoms with Gasteiger partial charge in [-0.3, -0.25) is 14.4 Å². The number of amides is 3. The van der Waals surface area contributed by atoms with Crippen LogP contribution in [0, 0.1) is 12.7 Å². The number of benzene rings is 2. The van der Waals surface area contributed by atoms with Gasteiger partial charge in [0.1, 0.15) is 17.7 Å². The first-order chi connectivity index (χ1) is 17.2. The lowest BCUT2D eigenvalue weighted by atomic mass is 10.0. The van der Waals surface area contributed by atoms with E-state index in [2.05, 4.69) is 15.6 Å². The van der Waals surface area contributed by atoms with Crippen LogP contribution in [0.2, 0.25) is 0 Å². The van der Waals surface area contributed by atoms with Crippen molar-refractivity contribution in [2.24, 2.45) is 0 Å². The van der Waals surface area contributed by atoms with Gasteiger partial charge in [0.15, 0.2) is 0 Å². The number of carbonyl (C=O) groups is 3. The quantitative estimate of drug-likeness (QED) is 0.436. The predicted molar refractivity (Wildman–Crippen MR) is 136 cm³/mol. The van der Waals surface area contributed by atoms with Gasteiger partial charge in [0, 0.05) is 31.6 Å². The number of halogens is 1. The van der Waals surface area contributed by atoms with Crippen molar-refractivity contribution in [3.8, 4) is 0 Å². The van der Waals surface area contributed by atoms with Crippen LogP contribution in [0.15, 0.2) is 72.9 Å². The van der Waals surface area contributed by atoms with Crippen LogP contribution in [0.3, 0.4) is 0 Å². The molecule has 0 radical (unpaired) electrons. The fourth-order valence-corrected chi connectivity index (χ4v) is 3.76. The summed E-state index contributed by atoms with van der Waals surface area (Å²) >= 11 is 0. The van der Waals surface area contributed by atoms with Crippen LogP contribution in [-0.4, -0.2) is 33.6 Å². The molecule has 1 heterocycles. The van der Waals surface area contributed by atoms with E-state index in [4.69, 9.17) is 0 Å². The van der Waals surface area contributed by atoms with Crippen molar-refractivity contribution in [1.29, 1.82) is 0 Å². The third-order valence-corrected chi connectivity index (χ3v) is 5.44. The molecular weight excluding hydrogens is 459 g/mol. The maximum atomic E-state index is 13.7. The van der Waals surface area contributed by atoms with Crippen molar-refractivity contribution in [3.05, 3.63) is 95.4 Å². The van der Waals surface area contributed by atoms with Crippen molar-refractivity contribution >= 4 is 23.5 Å². The van der Waals surface area contributed by atoms with Gasteiger partial charge in [0.05, 0.1) is 0 Å². The van der Waals surface area contributed by atoms with E-state index in [1.807, 2.05) is 57.2 Å². The molecular formula is C28H31FN4O3. The van der Waals surface area contributed by atoms with E-state index in [0.717, 1.165) is 11.1 Å². The molecule has 0 saturated heterocycles. The lowest BCUT2D eigenvalue weighted by molar-refractivity contribution is -0.142. The average Bonchev–Trinajstić information content (AvgIpc) is 2.83. The largest absolute Gasteiger partial charge is 0.352 e. The molecule has 0 fully saturated rings. The summed E-state index contributed by atoms with van der Waals surface area (Å²) in [5.74, 6) is -1.14. The van der Waals surface area contributed by atoms with E-state index < -0.39 is 11.9 Å². The van der Waals surface area contributed by atoms with Crippen LogP contribution in [0.1, 0.15) is 49.4 Å². The third-order valence-electron chi connectivity index (χ3n) is 5.44. The fraction of sp³-hybridized carbons (Fsp3) is 0.286. The second kappa shape index (κ2) is 12.6. The molecule has 3 amide bonds. The minimum absolute atomic E-state index is 0.0817. The van der Waals surface area contributed by atoms with Gasteiger partial charge in [-0.2, -0.15) is 0 Å². The normalized spacial score (nSPS) is 11.6. The number of aromatic nitrogens is 1. The SMILES string of the molecule is Cc1ccnc(NC(=O)CCC(=O)N(Cc2ccccc2)[C@H](C(=O)NC(C)C)c2ccc(F)cc2)c1. The first-order valence-electron chi connectivity index (χ1n) is 11.8. The van der Waals surface area contributed by atoms with E-state index in [0.29, 0.717) is 11.4 Å². The van der Waals surface area contributed by atoms with E-state index >= 15 is 0 Å². The zero-order valence-electron chi connectivity index (χ0n) is 20.7. The zero-order valence-corrected chi connectivity index (χ0v) is 20.7. The highest BCUT2D eigenvalue weighted by Gasteiger charge is 2.32. The Hall–Kier alpha value is -4.07. The molecule has 0 bridgehead atoms. The molecule has 2 N–H and O–H groups in total. The molecule has 36 heavy (non-hydrogen) atoms. The van der Waals surface area contributed by atoms with Crippen LogP contribution < -0.4 is 10.6 Å². The molecule has 0 spiro atoms. The lowest BCUT2D eigenvalue weighted by Gasteiger charge is -2.32. The number of rotatable bonds is 10. The summed E-state index contributed by atoms with van der Waals surface area (Å²) in [6, 6.07) is 17.2. The Kier molecular flexibility index (Phi) is 9.27. The molecule has 0 aliphatic heterocycles. The minimum Gasteiger partial charge on any atom is -0.352 e. The number of aryl methyl sites for hydroxylation is 1. The molecule has 8 heteroatoms. The molecule has 188 valence electrons. The highest BCUT2D eigenvalue weighted by molar-refractivity contribution is 5.94. The van der Waals surface area contributed by atoms with E-state index in [-0.39, 0.29) is 43.1 Å². The second-order valence-corrected chi connectivity index (χ2v) is 8.89. The topological polar surface area (TPSA) is 91.4 Å². The highest BCUT2D eigenvalue weighted by atomic mass is 19.1. The maximum Gasteiger partial charge on any atom is 0.247 e. The van der Waals surface area contributed by atoms with Gasteiger partial charge in [-0.05, 0) is 61.7 Å². The zero-order chi connectivity index (χ0) is 26.1. The number of hydrogen-bond acceptors (Lipinski definition) is 4. The van der Waals surface area contributed by atoms with Crippen LogP contribution in [0.25, 0.3) is 0 Å². The van der Waals surface area contributed by atoms with Crippen molar-refractivity contribution < 1.29 is 18.8 Å². The molecule has 0 aliphatic carbocycles. The minimum atomic E-state index is -0.998.